The highest BCUT2D eigenvalue weighted by Gasteiger charge is 2.21. The number of aliphatic hydroxyl groups is 1. The molecular weight excluding hydrogens is 256 g/mol. The van der Waals surface area contributed by atoms with Crippen molar-refractivity contribution < 1.29 is 18.1 Å². The molecule has 1 saturated heterocycles. The van der Waals surface area contributed by atoms with Crippen LogP contribution < -0.4 is 0 Å². The molecule has 0 bridgehead atoms. The Balaban J connectivity index is 2.39. The summed E-state index contributed by atoms with van der Waals surface area (Å²) in [6, 6.07) is 0. The molecule has 1 aliphatic heterocycles. The number of piperidine rings is 1. The van der Waals surface area contributed by atoms with Gasteiger partial charge >= 0.3 is 0 Å². The summed E-state index contributed by atoms with van der Waals surface area (Å²) in [5.74, 6) is 0.715. The fraction of sp³-hybridized carbons (Fsp3) is 1.00. The van der Waals surface area contributed by atoms with Crippen LogP contribution in [0.3, 0.4) is 0 Å². The second kappa shape index (κ2) is 6.81. The fourth-order valence-electron chi connectivity index (χ4n) is 2.21. The lowest BCUT2D eigenvalue weighted by Crippen LogP contribution is -2.44. The third kappa shape index (κ3) is 5.19. The van der Waals surface area contributed by atoms with Crippen LogP contribution in [0.2, 0.25) is 0 Å². The third-order valence-corrected chi connectivity index (χ3v) is 4.47. The number of likely N-dealkylation sites (tertiary alicyclic amines) is 1. The first-order valence-electron chi connectivity index (χ1n) is 6.44. The van der Waals surface area contributed by atoms with E-state index in [4.69, 9.17) is 0 Å². The van der Waals surface area contributed by atoms with Gasteiger partial charge in [-0.05, 0) is 31.8 Å². The van der Waals surface area contributed by atoms with Crippen LogP contribution in [0.1, 0.15) is 26.7 Å². The first-order chi connectivity index (χ1) is 8.32. The molecule has 1 fully saturated rings. The molecule has 1 unspecified atom stereocenters. The zero-order valence-electron chi connectivity index (χ0n) is 11.1. The second-order valence-electron chi connectivity index (χ2n) is 5.05. The van der Waals surface area contributed by atoms with Crippen molar-refractivity contribution in [3.05, 3.63) is 0 Å². The van der Waals surface area contributed by atoms with Crippen molar-refractivity contribution in [1.29, 1.82) is 0 Å². The average Bonchev–Trinajstić information content (AvgIpc) is 2.27. The topological polar surface area (TPSA) is 83.9 Å². The molecule has 0 spiro atoms. The normalized spacial score (nSPS) is 21.4. The number of aliphatic hydroxyl groups excluding tert-OH is 1. The predicted octanol–water partition coefficient (Wildman–Crippen LogP) is -0.139. The van der Waals surface area contributed by atoms with Crippen molar-refractivity contribution in [1.82, 2.24) is 9.21 Å². The molecule has 1 atom stereocenters. The summed E-state index contributed by atoms with van der Waals surface area (Å²) in [6.45, 7) is 6.05. The predicted molar refractivity (Wildman–Crippen MR) is 67.8 cm³/mol. The maximum Gasteiger partial charge on any atom is 0.162 e. The van der Waals surface area contributed by atoms with Crippen LogP contribution in [-0.4, -0.2) is 66.1 Å². The number of hydrogen-bond donors (Lipinski definition) is 1. The molecule has 108 valence electrons. The molecule has 0 aliphatic carbocycles. The van der Waals surface area contributed by atoms with E-state index < -0.39 is 16.4 Å². The van der Waals surface area contributed by atoms with E-state index in [0.29, 0.717) is 12.5 Å². The van der Waals surface area contributed by atoms with E-state index in [9.17, 15) is 18.1 Å². The number of rotatable bonds is 6. The average molecular weight is 279 g/mol. The van der Waals surface area contributed by atoms with Gasteiger partial charge in [-0.1, -0.05) is 13.8 Å². The monoisotopic (exact) mass is 279 g/mol. The van der Waals surface area contributed by atoms with Gasteiger partial charge in [-0.2, -0.15) is 0 Å². The van der Waals surface area contributed by atoms with Crippen LogP contribution in [0.4, 0.5) is 0 Å². The zero-order chi connectivity index (χ0) is 13.8. The van der Waals surface area contributed by atoms with E-state index in [2.05, 4.69) is 11.8 Å². The Morgan fingerprint density at radius 1 is 1.44 bits per heavy atom. The van der Waals surface area contributed by atoms with Crippen molar-refractivity contribution in [3.63, 3.8) is 0 Å². The molecular formula is C11H23N2O4S-. The molecule has 18 heavy (non-hydrogen) atoms. The van der Waals surface area contributed by atoms with Gasteiger partial charge in [0.2, 0.25) is 0 Å². The van der Waals surface area contributed by atoms with Gasteiger partial charge < -0.3 is 14.6 Å². The number of hydrogen-bond acceptors (Lipinski definition) is 5. The number of β-amino-alcohol motifs (C(OH)–C–C–N with tert-alkyl or cyclic N) is 1. The van der Waals surface area contributed by atoms with Crippen molar-refractivity contribution in [2.45, 2.75) is 32.8 Å². The Morgan fingerprint density at radius 3 is 2.44 bits per heavy atom. The molecule has 1 aliphatic rings. The first-order valence-corrected chi connectivity index (χ1v) is 7.80. The second-order valence-corrected chi connectivity index (χ2v) is 6.42. The fourth-order valence-corrected chi connectivity index (χ4v) is 2.88. The maximum absolute atomic E-state index is 10.9. The summed E-state index contributed by atoms with van der Waals surface area (Å²) in [5.41, 5.74) is 0. The summed E-state index contributed by atoms with van der Waals surface area (Å²) >= 11 is 0. The maximum atomic E-state index is 10.9. The van der Waals surface area contributed by atoms with Crippen LogP contribution in [0.5, 0.6) is 0 Å². The summed E-state index contributed by atoms with van der Waals surface area (Å²) in [4.78, 5) is 2.12. The quantitative estimate of drug-likeness (QED) is 0.684. The lowest BCUT2D eigenvalue weighted by atomic mass is 9.99. The highest BCUT2D eigenvalue weighted by Crippen LogP contribution is 2.16. The van der Waals surface area contributed by atoms with Crippen molar-refractivity contribution in [3.8, 4) is 0 Å². The SMILES string of the molecule is CCN(CC(O)CN1CCC(C)CC1)S(=O)(=O)[O-]. The van der Waals surface area contributed by atoms with Crippen molar-refractivity contribution >= 4 is 10.3 Å². The smallest absolute Gasteiger partial charge is 0.162 e. The van der Waals surface area contributed by atoms with Crippen molar-refractivity contribution in [2.75, 3.05) is 32.7 Å². The highest BCUT2D eigenvalue weighted by molar-refractivity contribution is 7.83. The minimum atomic E-state index is -4.45. The molecule has 7 heteroatoms. The molecule has 1 rings (SSSR count). The standard InChI is InChI=1S/C11H24N2O4S/c1-3-13(18(15,16)17)9-11(14)8-12-6-4-10(2)5-7-12/h10-11,14H,3-9H2,1-2H3,(H,15,16,17)/p-1. The minimum absolute atomic E-state index is 0.0972. The van der Waals surface area contributed by atoms with Crippen LogP contribution in [0, 0.1) is 5.92 Å². The Labute approximate surface area is 109 Å². The Kier molecular flexibility index (Phi) is 6.00. The van der Waals surface area contributed by atoms with Gasteiger partial charge in [-0.15, -0.1) is 0 Å². The molecule has 1 N–H and O–H groups in total. The molecule has 0 aromatic heterocycles. The lowest BCUT2D eigenvalue weighted by Gasteiger charge is -2.33. The third-order valence-electron chi connectivity index (χ3n) is 3.43. The van der Waals surface area contributed by atoms with Crippen LogP contribution in [-0.2, 0) is 10.3 Å². The first kappa shape index (κ1) is 15.8. The molecule has 0 aromatic rings. The van der Waals surface area contributed by atoms with E-state index in [1.165, 1.54) is 0 Å². The molecule has 0 amide bonds. The van der Waals surface area contributed by atoms with Crippen LogP contribution >= 0.6 is 0 Å². The van der Waals surface area contributed by atoms with E-state index in [-0.39, 0.29) is 13.1 Å². The molecule has 0 aromatic carbocycles. The minimum Gasteiger partial charge on any atom is -0.735 e. The number of likely N-dealkylation sites (N-methyl/N-ethyl adjacent to an activating group) is 1. The zero-order valence-corrected chi connectivity index (χ0v) is 11.9. The van der Waals surface area contributed by atoms with Crippen molar-refractivity contribution in [2.24, 2.45) is 5.92 Å². The highest BCUT2D eigenvalue weighted by atomic mass is 32.2. The lowest BCUT2D eigenvalue weighted by molar-refractivity contribution is 0.0770. The molecule has 6 nitrogen and oxygen atoms in total. The van der Waals surface area contributed by atoms with E-state index in [1.54, 1.807) is 6.92 Å². The molecule has 0 saturated carbocycles. The van der Waals surface area contributed by atoms with E-state index in [1.807, 2.05) is 0 Å². The summed E-state index contributed by atoms with van der Waals surface area (Å²) < 4.78 is 33.4. The van der Waals surface area contributed by atoms with Gasteiger partial charge in [-0.3, -0.25) is 0 Å². The summed E-state index contributed by atoms with van der Waals surface area (Å²) in [5, 5.41) is 9.85. The summed E-state index contributed by atoms with van der Waals surface area (Å²) in [6.07, 6.45) is 1.40. The van der Waals surface area contributed by atoms with Crippen LogP contribution in [0.15, 0.2) is 0 Å². The van der Waals surface area contributed by atoms with Crippen LogP contribution in [0.25, 0.3) is 0 Å². The Hall–Kier alpha value is -0.210. The Bertz CT molecular complexity index is 339. The van der Waals surface area contributed by atoms with Gasteiger partial charge in [0.1, 0.15) is 0 Å². The van der Waals surface area contributed by atoms with Gasteiger partial charge in [-0.25, -0.2) is 12.7 Å². The Morgan fingerprint density at radius 2 is 2.00 bits per heavy atom. The molecule has 0 radical (unpaired) electrons. The number of nitrogens with zero attached hydrogens (tertiary/aromatic N) is 2. The molecule has 1 heterocycles. The van der Waals surface area contributed by atoms with Gasteiger partial charge in [0.25, 0.3) is 0 Å². The van der Waals surface area contributed by atoms with Gasteiger partial charge in [0.15, 0.2) is 10.3 Å². The van der Waals surface area contributed by atoms with Gasteiger partial charge in [0, 0.05) is 19.6 Å². The van der Waals surface area contributed by atoms with E-state index in [0.717, 1.165) is 30.2 Å². The van der Waals surface area contributed by atoms with Gasteiger partial charge in [0.05, 0.1) is 6.10 Å². The largest absolute Gasteiger partial charge is 0.735 e. The summed E-state index contributed by atoms with van der Waals surface area (Å²) in [7, 11) is -4.45. The van der Waals surface area contributed by atoms with E-state index >= 15 is 0 Å².